The summed E-state index contributed by atoms with van der Waals surface area (Å²) >= 11 is 0. The number of benzene rings is 1. The average molecular weight is 458 g/mol. The molecule has 11 heteroatoms. The first kappa shape index (κ1) is 22.3. The van der Waals surface area contributed by atoms with E-state index >= 15 is 0 Å². The minimum absolute atomic E-state index is 0.0363. The maximum absolute atomic E-state index is 13.7. The maximum Gasteiger partial charge on any atom is 0.433 e. The summed E-state index contributed by atoms with van der Waals surface area (Å²) in [7, 11) is 1.49. The van der Waals surface area contributed by atoms with Crippen LogP contribution in [0.5, 0.6) is 5.75 Å². The molecule has 0 unspecified atom stereocenters. The molecule has 4 aromatic rings. The van der Waals surface area contributed by atoms with Gasteiger partial charge in [0, 0.05) is 24.8 Å². The number of nitrogens with zero attached hydrogens (tertiary/aromatic N) is 5. The van der Waals surface area contributed by atoms with Crippen molar-refractivity contribution in [3.63, 3.8) is 0 Å². The number of aromatic nitrogens is 5. The molecule has 172 valence electrons. The fraction of sp³-hybridized carbons (Fsp3) is 0.273. The van der Waals surface area contributed by atoms with Crippen LogP contribution in [0.2, 0.25) is 0 Å². The van der Waals surface area contributed by atoms with Gasteiger partial charge in [0.15, 0.2) is 11.3 Å². The molecule has 0 atom stereocenters. The minimum Gasteiger partial charge on any atom is -0.497 e. The molecule has 0 saturated carbocycles. The van der Waals surface area contributed by atoms with Crippen LogP contribution >= 0.6 is 0 Å². The van der Waals surface area contributed by atoms with Crippen molar-refractivity contribution in [3.05, 3.63) is 65.7 Å². The third-order valence-corrected chi connectivity index (χ3v) is 5.02. The predicted octanol–water partition coefficient (Wildman–Crippen LogP) is 3.75. The van der Waals surface area contributed by atoms with E-state index in [9.17, 15) is 18.0 Å². The Kier molecular flexibility index (Phi) is 6.03. The lowest BCUT2D eigenvalue weighted by atomic mass is 10.1. The summed E-state index contributed by atoms with van der Waals surface area (Å²) in [5.41, 5.74) is 0.185. The number of hydrogen-bond acceptors (Lipinski definition) is 5. The number of methoxy groups -OCH3 is 1. The van der Waals surface area contributed by atoms with Crippen molar-refractivity contribution in [1.29, 1.82) is 0 Å². The second kappa shape index (κ2) is 8.93. The SMILES string of the molecule is COc1ccc(-c2cc(C(F)(F)F)n3ncc(C(=O)NCCCn4ccc(C)n4)c3n2)cc1. The number of rotatable bonds is 7. The Morgan fingerprint density at radius 1 is 1.18 bits per heavy atom. The number of ether oxygens (including phenoxy) is 1. The highest BCUT2D eigenvalue weighted by Gasteiger charge is 2.36. The van der Waals surface area contributed by atoms with Gasteiger partial charge in [0.05, 0.1) is 24.7 Å². The van der Waals surface area contributed by atoms with Gasteiger partial charge in [-0.15, -0.1) is 0 Å². The molecular weight excluding hydrogens is 437 g/mol. The molecule has 0 aliphatic heterocycles. The zero-order valence-corrected chi connectivity index (χ0v) is 17.9. The van der Waals surface area contributed by atoms with E-state index in [1.807, 2.05) is 19.2 Å². The molecule has 1 amide bonds. The highest BCUT2D eigenvalue weighted by Crippen LogP contribution is 2.33. The van der Waals surface area contributed by atoms with Crippen LogP contribution in [0.15, 0.2) is 48.8 Å². The van der Waals surface area contributed by atoms with Crippen LogP contribution in [0.3, 0.4) is 0 Å². The van der Waals surface area contributed by atoms with Gasteiger partial charge < -0.3 is 10.1 Å². The Morgan fingerprint density at radius 3 is 2.58 bits per heavy atom. The first-order valence-corrected chi connectivity index (χ1v) is 10.1. The molecule has 0 radical (unpaired) electrons. The van der Waals surface area contributed by atoms with Gasteiger partial charge in [-0.05, 0) is 49.7 Å². The van der Waals surface area contributed by atoms with E-state index < -0.39 is 17.8 Å². The van der Waals surface area contributed by atoms with Crippen molar-refractivity contribution in [1.82, 2.24) is 29.7 Å². The first-order chi connectivity index (χ1) is 15.8. The van der Waals surface area contributed by atoms with Crippen LogP contribution in [0.1, 0.15) is 28.2 Å². The number of alkyl halides is 3. The molecule has 0 bridgehead atoms. The quantitative estimate of drug-likeness (QED) is 0.427. The van der Waals surface area contributed by atoms with Gasteiger partial charge in [0.25, 0.3) is 5.91 Å². The minimum atomic E-state index is -4.69. The van der Waals surface area contributed by atoms with Gasteiger partial charge in [0.2, 0.25) is 0 Å². The summed E-state index contributed by atoms with van der Waals surface area (Å²) in [5.74, 6) is 0.0136. The normalized spacial score (nSPS) is 11.7. The molecule has 0 fully saturated rings. The van der Waals surface area contributed by atoms with Gasteiger partial charge in [-0.25, -0.2) is 9.50 Å². The number of aryl methyl sites for hydroxylation is 2. The Balaban J connectivity index is 1.60. The zero-order valence-electron chi connectivity index (χ0n) is 17.9. The van der Waals surface area contributed by atoms with E-state index in [0.717, 1.165) is 18.0 Å². The number of carbonyl (C=O) groups excluding carboxylic acids is 1. The number of halogens is 3. The molecule has 33 heavy (non-hydrogen) atoms. The second-order valence-corrected chi connectivity index (χ2v) is 7.38. The highest BCUT2D eigenvalue weighted by atomic mass is 19.4. The standard InChI is InChI=1S/C22H21F3N6O2/c1-14-8-11-30(29-14)10-3-9-26-21(32)17-13-27-31-19(22(23,24)25)12-18(28-20(17)31)15-4-6-16(33-2)7-5-15/h4-8,11-13H,3,9-10H2,1-2H3,(H,26,32). The molecule has 1 aromatic carbocycles. The van der Waals surface area contributed by atoms with E-state index in [1.54, 1.807) is 28.9 Å². The molecule has 0 spiro atoms. The van der Waals surface area contributed by atoms with E-state index in [1.165, 1.54) is 7.11 Å². The fourth-order valence-electron chi connectivity index (χ4n) is 3.36. The van der Waals surface area contributed by atoms with E-state index in [2.05, 4.69) is 20.5 Å². The van der Waals surface area contributed by atoms with Gasteiger partial charge in [-0.1, -0.05) is 0 Å². The van der Waals surface area contributed by atoms with Crippen molar-refractivity contribution in [3.8, 4) is 17.0 Å². The molecule has 8 nitrogen and oxygen atoms in total. The van der Waals surface area contributed by atoms with E-state index in [0.29, 0.717) is 35.3 Å². The van der Waals surface area contributed by atoms with Gasteiger partial charge in [0.1, 0.15) is 11.3 Å². The fourth-order valence-corrected chi connectivity index (χ4v) is 3.36. The van der Waals surface area contributed by atoms with Gasteiger partial charge in [-0.2, -0.15) is 23.4 Å². The lowest BCUT2D eigenvalue weighted by Gasteiger charge is -2.12. The Bertz CT molecular complexity index is 1280. The van der Waals surface area contributed by atoms with Crippen LogP contribution in [0.4, 0.5) is 13.2 Å². The molecule has 0 aliphatic carbocycles. The topological polar surface area (TPSA) is 86.3 Å². The lowest BCUT2D eigenvalue weighted by Crippen LogP contribution is -2.25. The third-order valence-electron chi connectivity index (χ3n) is 5.02. The second-order valence-electron chi connectivity index (χ2n) is 7.38. The largest absolute Gasteiger partial charge is 0.497 e. The van der Waals surface area contributed by atoms with Crippen LogP contribution < -0.4 is 10.1 Å². The summed E-state index contributed by atoms with van der Waals surface area (Å²) in [5, 5.41) is 10.8. The smallest absolute Gasteiger partial charge is 0.433 e. The summed E-state index contributed by atoms with van der Waals surface area (Å²) < 4.78 is 48.7. The molecule has 1 N–H and O–H groups in total. The van der Waals surface area contributed by atoms with E-state index in [-0.39, 0.29) is 16.9 Å². The third kappa shape index (κ3) is 4.81. The van der Waals surface area contributed by atoms with E-state index in [4.69, 9.17) is 4.74 Å². The summed E-state index contributed by atoms with van der Waals surface area (Å²) in [4.78, 5) is 17.0. The van der Waals surface area contributed by atoms with Crippen LogP contribution in [-0.2, 0) is 12.7 Å². The van der Waals surface area contributed by atoms with Crippen molar-refractivity contribution in [2.24, 2.45) is 0 Å². The Morgan fingerprint density at radius 2 is 1.94 bits per heavy atom. The molecule has 3 aromatic heterocycles. The maximum atomic E-state index is 13.7. The van der Waals surface area contributed by atoms with Crippen molar-refractivity contribution < 1.29 is 22.7 Å². The molecule has 4 rings (SSSR count). The lowest BCUT2D eigenvalue weighted by molar-refractivity contribution is -0.142. The van der Waals surface area contributed by atoms with Crippen molar-refractivity contribution in [2.75, 3.05) is 13.7 Å². The highest BCUT2D eigenvalue weighted by molar-refractivity contribution is 5.99. The van der Waals surface area contributed by atoms with Crippen LogP contribution in [0.25, 0.3) is 16.9 Å². The molecular formula is C22H21F3N6O2. The van der Waals surface area contributed by atoms with Crippen LogP contribution in [0, 0.1) is 6.92 Å². The molecule has 3 heterocycles. The predicted molar refractivity (Wildman–Crippen MR) is 114 cm³/mol. The summed E-state index contributed by atoms with van der Waals surface area (Å²) in [6.07, 6.45) is -1.15. The average Bonchev–Trinajstić information content (AvgIpc) is 3.41. The summed E-state index contributed by atoms with van der Waals surface area (Å²) in [6.45, 7) is 2.80. The van der Waals surface area contributed by atoms with Gasteiger partial charge in [-0.3, -0.25) is 9.48 Å². The number of carbonyl (C=O) groups is 1. The monoisotopic (exact) mass is 458 g/mol. The summed E-state index contributed by atoms with van der Waals surface area (Å²) in [6, 6.07) is 9.24. The number of fused-ring (bicyclic) bond motifs is 1. The number of nitrogens with one attached hydrogen (secondary N) is 1. The van der Waals surface area contributed by atoms with Crippen molar-refractivity contribution in [2.45, 2.75) is 26.1 Å². The molecule has 0 aliphatic rings. The van der Waals surface area contributed by atoms with Gasteiger partial charge >= 0.3 is 6.18 Å². The number of amides is 1. The van der Waals surface area contributed by atoms with Crippen molar-refractivity contribution >= 4 is 11.6 Å². The first-order valence-electron chi connectivity index (χ1n) is 10.1. The number of hydrogen-bond donors (Lipinski definition) is 1. The van der Waals surface area contributed by atoms with Crippen LogP contribution in [-0.4, -0.2) is 43.9 Å². The Hall–Kier alpha value is -3.89. The molecule has 0 saturated heterocycles. The Labute approximate surface area is 187 Å². The zero-order chi connectivity index (χ0) is 23.6.